The lowest BCUT2D eigenvalue weighted by atomic mass is 10.1. The maximum atomic E-state index is 13.0. The van der Waals surface area contributed by atoms with Crippen molar-refractivity contribution in [3.63, 3.8) is 0 Å². The lowest BCUT2D eigenvalue weighted by molar-refractivity contribution is 0.0950. The van der Waals surface area contributed by atoms with Gasteiger partial charge in [0.05, 0.1) is 6.21 Å². The summed E-state index contributed by atoms with van der Waals surface area (Å²) in [7, 11) is 0. The molecule has 12 heteroatoms. The third-order valence-corrected chi connectivity index (χ3v) is 5.49. The second-order valence-corrected chi connectivity index (χ2v) is 8.22. The Morgan fingerprint density at radius 1 is 1.08 bits per heavy atom. The van der Waals surface area contributed by atoms with Crippen LogP contribution in [0.3, 0.4) is 0 Å². The predicted octanol–water partition coefficient (Wildman–Crippen LogP) is 3.69. The second kappa shape index (κ2) is 10.7. The van der Waals surface area contributed by atoms with Crippen molar-refractivity contribution in [1.29, 1.82) is 0 Å². The van der Waals surface area contributed by atoms with E-state index in [9.17, 15) is 9.18 Å². The number of nitrogens with one attached hydrogen (secondary N) is 1. The van der Waals surface area contributed by atoms with E-state index in [0.717, 1.165) is 16.7 Å². The van der Waals surface area contributed by atoms with E-state index in [4.69, 9.17) is 10.5 Å². The molecule has 1 amide bonds. The Morgan fingerprint density at radius 3 is 2.50 bits per heavy atom. The fraction of sp³-hybridized carbons (Fsp3) is 0.0769. The molecule has 0 saturated heterocycles. The number of hydrogen-bond acceptors (Lipinski definition) is 9. The monoisotopic (exact) mass is 512 g/mol. The molecular formula is C26H21FN8O3. The van der Waals surface area contributed by atoms with Crippen molar-refractivity contribution in [2.75, 3.05) is 5.73 Å². The van der Waals surface area contributed by atoms with Gasteiger partial charge in [-0.3, -0.25) is 4.79 Å². The van der Waals surface area contributed by atoms with Crippen molar-refractivity contribution in [2.45, 2.75) is 13.5 Å². The van der Waals surface area contributed by atoms with Crippen LogP contribution in [0.25, 0.3) is 17.1 Å². The highest BCUT2D eigenvalue weighted by atomic mass is 19.1. The van der Waals surface area contributed by atoms with Gasteiger partial charge in [0.1, 0.15) is 23.9 Å². The average molecular weight is 513 g/mol. The molecule has 0 atom stereocenters. The lowest BCUT2D eigenvalue weighted by Gasteiger charge is -2.07. The molecule has 0 fully saturated rings. The number of carbonyl (C=O) groups is 1. The summed E-state index contributed by atoms with van der Waals surface area (Å²) in [6.45, 7) is 2.26. The molecule has 5 rings (SSSR count). The molecule has 0 bridgehead atoms. The second-order valence-electron chi connectivity index (χ2n) is 8.22. The number of halogens is 1. The van der Waals surface area contributed by atoms with Crippen molar-refractivity contribution in [1.82, 2.24) is 30.7 Å². The Morgan fingerprint density at radius 2 is 1.82 bits per heavy atom. The molecule has 0 saturated carbocycles. The number of hydrazone groups is 1. The van der Waals surface area contributed by atoms with Gasteiger partial charge in [-0.15, -0.1) is 5.10 Å². The van der Waals surface area contributed by atoms with Crippen LogP contribution in [-0.2, 0) is 6.61 Å². The highest BCUT2D eigenvalue weighted by Crippen LogP contribution is 2.26. The first-order valence-corrected chi connectivity index (χ1v) is 11.4. The number of benzene rings is 3. The Labute approximate surface area is 215 Å². The summed E-state index contributed by atoms with van der Waals surface area (Å²) in [6, 6.07) is 20.6. The smallest absolute Gasteiger partial charge is 0.294 e. The van der Waals surface area contributed by atoms with E-state index in [1.165, 1.54) is 23.0 Å². The summed E-state index contributed by atoms with van der Waals surface area (Å²) >= 11 is 0. The van der Waals surface area contributed by atoms with Crippen molar-refractivity contribution in [3.05, 3.63) is 101 Å². The van der Waals surface area contributed by atoms with Crippen LogP contribution in [0.2, 0.25) is 0 Å². The Hall–Kier alpha value is -5.39. The Kier molecular flexibility index (Phi) is 6.85. The number of aromatic nitrogens is 5. The number of nitrogens with zero attached hydrogens (tertiary/aromatic N) is 6. The van der Waals surface area contributed by atoms with Crippen LogP contribution in [0.4, 0.5) is 10.2 Å². The van der Waals surface area contributed by atoms with Crippen LogP contribution in [0.5, 0.6) is 5.75 Å². The lowest BCUT2D eigenvalue weighted by Crippen LogP contribution is -2.19. The standard InChI is InChI=1S/C26H21FN8O3/c1-16-2-8-19(9-3-16)23-22(30-34-35(23)25-24(28)32-38-33-25)26(36)31-29-14-17-6-12-21(13-7-17)37-15-18-4-10-20(27)11-5-18/h2-14H,15H2,1H3,(H2,28,32)(H,31,36). The van der Waals surface area contributed by atoms with Crippen molar-refractivity contribution in [3.8, 4) is 22.8 Å². The fourth-order valence-corrected chi connectivity index (χ4v) is 3.51. The summed E-state index contributed by atoms with van der Waals surface area (Å²) in [5.74, 6) is -0.137. The third-order valence-electron chi connectivity index (χ3n) is 5.49. The Balaban J connectivity index is 1.28. The van der Waals surface area contributed by atoms with E-state index in [1.807, 2.05) is 31.2 Å². The molecule has 0 unspecified atom stereocenters. The number of aryl methyl sites for hydroxylation is 1. The van der Waals surface area contributed by atoms with Crippen molar-refractivity contribution in [2.24, 2.45) is 5.10 Å². The minimum Gasteiger partial charge on any atom is -0.489 e. The quantitative estimate of drug-likeness (QED) is 0.236. The van der Waals surface area contributed by atoms with Crippen LogP contribution in [0.15, 0.2) is 82.5 Å². The average Bonchev–Trinajstić information content (AvgIpc) is 3.55. The molecule has 11 nitrogen and oxygen atoms in total. The fourth-order valence-electron chi connectivity index (χ4n) is 3.51. The van der Waals surface area contributed by atoms with Crippen LogP contribution in [-0.4, -0.2) is 37.4 Å². The van der Waals surface area contributed by atoms with Crippen molar-refractivity contribution < 1.29 is 18.6 Å². The zero-order valence-corrected chi connectivity index (χ0v) is 20.1. The van der Waals surface area contributed by atoms with Crippen LogP contribution in [0, 0.1) is 12.7 Å². The van der Waals surface area contributed by atoms with Crippen LogP contribution >= 0.6 is 0 Å². The van der Waals surface area contributed by atoms with Gasteiger partial charge in [-0.2, -0.15) is 9.78 Å². The Bertz CT molecular complexity index is 1580. The number of rotatable bonds is 8. The van der Waals surface area contributed by atoms with Gasteiger partial charge in [0, 0.05) is 5.56 Å². The molecule has 5 aromatic rings. The molecule has 2 heterocycles. The molecule has 2 aromatic heterocycles. The molecule has 0 aliphatic rings. The van der Waals surface area contributed by atoms with Gasteiger partial charge in [-0.05, 0) is 64.8 Å². The predicted molar refractivity (Wildman–Crippen MR) is 136 cm³/mol. The zero-order chi connectivity index (χ0) is 26.5. The summed E-state index contributed by atoms with van der Waals surface area (Å²) in [4.78, 5) is 13.0. The molecule has 3 N–H and O–H groups in total. The van der Waals surface area contributed by atoms with E-state index in [-0.39, 0.29) is 23.1 Å². The number of anilines is 1. The van der Waals surface area contributed by atoms with Crippen LogP contribution in [0.1, 0.15) is 27.2 Å². The highest BCUT2D eigenvalue weighted by Gasteiger charge is 2.25. The maximum absolute atomic E-state index is 13.0. The highest BCUT2D eigenvalue weighted by molar-refractivity contribution is 5.98. The summed E-state index contributed by atoms with van der Waals surface area (Å²) in [5, 5.41) is 19.4. The number of hydrogen-bond donors (Lipinski definition) is 2. The summed E-state index contributed by atoms with van der Waals surface area (Å²) in [6.07, 6.45) is 1.48. The normalized spacial score (nSPS) is 11.1. The number of nitrogens with two attached hydrogens (primary N) is 1. The third kappa shape index (κ3) is 5.38. The maximum Gasteiger partial charge on any atom is 0.294 e. The van der Waals surface area contributed by atoms with Gasteiger partial charge in [-0.1, -0.05) is 47.2 Å². The minimum atomic E-state index is -0.586. The zero-order valence-electron chi connectivity index (χ0n) is 20.1. The molecule has 190 valence electrons. The molecule has 38 heavy (non-hydrogen) atoms. The molecule has 0 aliphatic heterocycles. The first-order chi connectivity index (χ1) is 18.5. The summed E-state index contributed by atoms with van der Waals surface area (Å²) < 4.78 is 24.7. The van der Waals surface area contributed by atoms with E-state index in [0.29, 0.717) is 23.6 Å². The van der Waals surface area contributed by atoms with E-state index in [1.54, 1.807) is 36.4 Å². The van der Waals surface area contributed by atoms with Crippen molar-refractivity contribution >= 4 is 17.9 Å². The van der Waals surface area contributed by atoms with Gasteiger partial charge >= 0.3 is 0 Å². The van der Waals surface area contributed by atoms with E-state index in [2.05, 4.69) is 35.8 Å². The minimum absolute atomic E-state index is 0.00154. The number of ether oxygens (including phenoxy) is 1. The molecule has 0 radical (unpaired) electrons. The van der Waals surface area contributed by atoms with Gasteiger partial charge in [0.15, 0.2) is 5.69 Å². The van der Waals surface area contributed by atoms with Crippen LogP contribution < -0.4 is 15.9 Å². The van der Waals surface area contributed by atoms with Gasteiger partial charge in [0.2, 0.25) is 11.6 Å². The molecule has 3 aromatic carbocycles. The largest absolute Gasteiger partial charge is 0.489 e. The van der Waals surface area contributed by atoms with E-state index < -0.39 is 5.91 Å². The topological polar surface area (TPSA) is 146 Å². The summed E-state index contributed by atoms with van der Waals surface area (Å²) in [5.41, 5.74) is 11.9. The first kappa shape index (κ1) is 24.3. The van der Waals surface area contributed by atoms with Gasteiger partial charge < -0.3 is 10.5 Å². The van der Waals surface area contributed by atoms with Gasteiger partial charge in [0.25, 0.3) is 5.91 Å². The number of amides is 1. The number of nitrogen functional groups attached to an aromatic ring is 1. The molecular weight excluding hydrogens is 491 g/mol. The van der Waals surface area contributed by atoms with Gasteiger partial charge in [-0.25, -0.2) is 14.4 Å². The SMILES string of the molecule is Cc1ccc(-c2c(C(=O)NN=Cc3ccc(OCc4ccc(F)cc4)cc3)nnn2-c2nonc2N)cc1. The number of carbonyl (C=O) groups excluding carboxylic acids is 1. The molecule has 0 aliphatic carbocycles. The van der Waals surface area contributed by atoms with E-state index >= 15 is 0 Å². The molecule has 0 spiro atoms. The first-order valence-electron chi connectivity index (χ1n) is 11.4.